The molecule has 0 amide bonds. The lowest BCUT2D eigenvalue weighted by Gasteiger charge is -2.46. The SMILES string of the molecule is CC(C)(C)[Si](OCC1O[C@H](O)C(OCc2ccccc2)[C@H](OCc2ccccc2)[C@@H]1O)(c1ccccc1)c1ccccc1. The standard InChI is InChI=1S/C36H42O6Si/c1-36(2,3)43(29-20-12-6-13-21-29,30-22-14-7-15-23-30)41-26-31-32(37)33(39-24-27-16-8-4-9-17-27)34(35(38)42-31)40-25-28-18-10-5-11-19-28/h4-23,31-35,37-38H,24-26H2,1-3H3/t31?,32-,33-,34?,35+/m1/s1. The van der Waals surface area contributed by atoms with E-state index >= 15 is 0 Å². The summed E-state index contributed by atoms with van der Waals surface area (Å²) in [7, 11) is -2.90. The third-order valence-corrected chi connectivity index (χ3v) is 13.1. The summed E-state index contributed by atoms with van der Waals surface area (Å²) in [6.45, 7) is 7.17. The first-order chi connectivity index (χ1) is 20.8. The number of hydrogen-bond donors (Lipinski definition) is 2. The Labute approximate surface area is 256 Å². The summed E-state index contributed by atoms with van der Waals surface area (Å²) in [5, 5.41) is 25.0. The van der Waals surface area contributed by atoms with Crippen LogP contribution >= 0.6 is 0 Å². The van der Waals surface area contributed by atoms with Crippen LogP contribution in [-0.4, -0.2) is 55.8 Å². The predicted octanol–water partition coefficient (Wildman–Crippen LogP) is 4.81. The highest BCUT2D eigenvalue weighted by molar-refractivity contribution is 6.99. The van der Waals surface area contributed by atoms with Gasteiger partial charge in [0.15, 0.2) is 6.29 Å². The Morgan fingerprint density at radius 1 is 0.628 bits per heavy atom. The lowest BCUT2D eigenvalue weighted by molar-refractivity contribution is -0.306. The molecule has 0 bridgehead atoms. The van der Waals surface area contributed by atoms with Crippen LogP contribution in [0.25, 0.3) is 0 Å². The molecule has 4 aromatic rings. The Morgan fingerprint density at radius 3 is 1.49 bits per heavy atom. The van der Waals surface area contributed by atoms with E-state index in [-0.39, 0.29) is 24.9 Å². The van der Waals surface area contributed by atoms with Crippen LogP contribution in [0.5, 0.6) is 0 Å². The van der Waals surface area contributed by atoms with Gasteiger partial charge in [0.05, 0.1) is 19.8 Å². The quantitative estimate of drug-likeness (QED) is 0.241. The van der Waals surface area contributed by atoms with Crippen molar-refractivity contribution in [3.63, 3.8) is 0 Å². The molecule has 1 aliphatic rings. The molecule has 6 nitrogen and oxygen atoms in total. The number of ether oxygens (including phenoxy) is 3. The van der Waals surface area contributed by atoms with Crippen molar-refractivity contribution in [2.24, 2.45) is 0 Å². The molecule has 2 N–H and O–H groups in total. The molecule has 0 aliphatic carbocycles. The largest absolute Gasteiger partial charge is 0.405 e. The van der Waals surface area contributed by atoms with Crippen molar-refractivity contribution < 1.29 is 28.8 Å². The van der Waals surface area contributed by atoms with E-state index in [0.717, 1.165) is 21.5 Å². The van der Waals surface area contributed by atoms with Crippen molar-refractivity contribution in [3.05, 3.63) is 132 Å². The fourth-order valence-electron chi connectivity index (χ4n) is 5.92. The monoisotopic (exact) mass is 598 g/mol. The van der Waals surface area contributed by atoms with E-state index in [0.29, 0.717) is 0 Å². The Hall–Kier alpha value is -3.14. The highest BCUT2D eigenvalue weighted by Gasteiger charge is 2.52. The van der Waals surface area contributed by atoms with Crippen LogP contribution in [0, 0.1) is 0 Å². The molecule has 43 heavy (non-hydrogen) atoms. The molecular weight excluding hydrogens is 556 g/mol. The maximum absolute atomic E-state index is 11.7. The highest BCUT2D eigenvalue weighted by atomic mass is 28.4. The van der Waals surface area contributed by atoms with Gasteiger partial charge >= 0.3 is 0 Å². The number of rotatable bonds is 11. The zero-order chi connectivity index (χ0) is 30.3. The second-order valence-corrected chi connectivity index (χ2v) is 16.4. The first-order valence-electron chi connectivity index (χ1n) is 14.9. The summed E-state index contributed by atoms with van der Waals surface area (Å²) in [5.74, 6) is 0. The molecule has 0 radical (unpaired) electrons. The zero-order valence-electron chi connectivity index (χ0n) is 25.1. The fourth-order valence-corrected chi connectivity index (χ4v) is 10.5. The van der Waals surface area contributed by atoms with Crippen LogP contribution < -0.4 is 10.4 Å². The lowest BCUT2D eigenvalue weighted by Crippen LogP contribution is -2.68. The first-order valence-corrected chi connectivity index (χ1v) is 16.8. The van der Waals surface area contributed by atoms with Crippen molar-refractivity contribution in [1.29, 1.82) is 0 Å². The normalized spacial score (nSPS) is 22.8. The van der Waals surface area contributed by atoms with Crippen LogP contribution in [0.2, 0.25) is 5.04 Å². The molecule has 226 valence electrons. The van der Waals surface area contributed by atoms with E-state index in [1.165, 1.54) is 0 Å². The summed E-state index contributed by atoms with van der Waals surface area (Å²) in [6, 6.07) is 40.1. The van der Waals surface area contributed by atoms with Gasteiger partial charge < -0.3 is 28.8 Å². The van der Waals surface area contributed by atoms with Gasteiger partial charge in [0, 0.05) is 0 Å². The molecule has 2 unspecified atom stereocenters. The molecule has 1 saturated heterocycles. The Morgan fingerprint density at radius 2 is 1.05 bits per heavy atom. The Balaban J connectivity index is 1.41. The maximum atomic E-state index is 11.7. The minimum atomic E-state index is -2.90. The van der Waals surface area contributed by atoms with Crippen LogP contribution in [-0.2, 0) is 31.9 Å². The van der Waals surface area contributed by atoms with Gasteiger partial charge in [-0.25, -0.2) is 0 Å². The summed E-state index contributed by atoms with van der Waals surface area (Å²) in [6.07, 6.45) is -5.01. The van der Waals surface area contributed by atoms with Gasteiger partial charge in [-0.1, -0.05) is 142 Å². The van der Waals surface area contributed by atoms with E-state index in [4.69, 9.17) is 18.6 Å². The van der Waals surface area contributed by atoms with Crippen LogP contribution in [0.4, 0.5) is 0 Å². The van der Waals surface area contributed by atoms with E-state index in [2.05, 4.69) is 45.0 Å². The van der Waals surface area contributed by atoms with Crippen LogP contribution in [0.1, 0.15) is 31.9 Å². The number of hydrogen-bond acceptors (Lipinski definition) is 6. The molecule has 7 heteroatoms. The van der Waals surface area contributed by atoms with Gasteiger partial charge in [-0.05, 0) is 26.5 Å². The van der Waals surface area contributed by atoms with Crippen molar-refractivity contribution in [1.82, 2.24) is 0 Å². The number of aliphatic hydroxyl groups excluding tert-OH is 2. The molecular formula is C36H42O6Si. The number of aliphatic hydroxyl groups is 2. The van der Waals surface area contributed by atoms with Gasteiger partial charge in [0.25, 0.3) is 8.32 Å². The highest BCUT2D eigenvalue weighted by Crippen LogP contribution is 2.37. The average molecular weight is 599 g/mol. The van der Waals surface area contributed by atoms with Crippen molar-refractivity contribution in [3.8, 4) is 0 Å². The smallest absolute Gasteiger partial charge is 0.261 e. The van der Waals surface area contributed by atoms with E-state index in [9.17, 15) is 10.2 Å². The Bertz CT molecular complexity index is 1340. The molecule has 5 rings (SSSR count). The molecule has 0 spiro atoms. The first kappa shape index (κ1) is 31.3. The fraction of sp³-hybridized carbons (Fsp3) is 0.333. The molecule has 1 aliphatic heterocycles. The summed E-state index contributed by atoms with van der Waals surface area (Å²) >= 11 is 0. The van der Waals surface area contributed by atoms with Crippen LogP contribution in [0.3, 0.4) is 0 Å². The van der Waals surface area contributed by atoms with Crippen LogP contribution in [0.15, 0.2) is 121 Å². The Kier molecular flexibility index (Phi) is 10.3. The zero-order valence-corrected chi connectivity index (χ0v) is 26.1. The third kappa shape index (κ3) is 7.16. The lowest BCUT2D eigenvalue weighted by atomic mass is 9.98. The third-order valence-electron chi connectivity index (χ3n) is 8.09. The van der Waals surface area contributed by atoms with Gasteiger partial charge in [-0.15, -0.1) is 0 Å². The molecule has 0 aromatic heterocycles. The average Bonchev–Trinajstić information content (AvgIpc) is 3.03. The van der Waals surface area contributed by atoms with Gasteiger partial charge in [0.1, 0.15) is 24.4 Å². The van der Waals surface area contributed by atoms with E-state index in [1.807, 2.05) is 97.1 Å². The van der Waals surface area contributed by atoms with E-state index < -0.39 is 39.0 Å². The topological polar surface area (TPSA) is 77.4 Å². The predicted molar refractivity (Wildman–Crippen MR) is 170 cm³/mol. The molecule has 0 saturated carbocycles. The second-order valence-electron chi connectivity index (χ2n) is 12.1. The molecule has 5 atom stereocenters. The minimum absolute atomic E-state index is 0.0715. The van der Waals surface area contributed by atoms with Gasteiger partial charge in [0.2, 0.25) is 0 Å². The van der Waals surface area contributed by atoms with E-state index in [1.54, 1.807) is 0 Å². The summed E-state index contributed by atoms with van der Waals surface area (Å²) < 4.78 is 25.5. The number of benzene rings is 4. The summed E-state index contributed by atoms with van der Waals surface area (Å²) in [5.41, 5.74) is 1.90. The summed E-state index contributed by atoms with van der Waals surface area (Å²) in [4.78, 5) is 0. The van der Waals surface area contributed by atoms with Crippen molar-refractivity contribution >= 4 is 18.7 Å². The molecule has 1 heterocycles. The van der Waals surface area contributed by atoms with Gasteiger partial charge in [-0.3, -0.25) is 0 Å². The maximum Gasteiger partial charge on any atom is 0.261 e. The molecule has 4 aromatic carbocycles. The molecule has 1 fully saturated rings. The van der Waals surface area contributed by atoms with Crippen molar-refractivity contribution in [2.45, 2.75) is 69.7 Å². The van der Waals surface area contributed by atoms with Gasteiger partial charge in [-0.2, -0.15) is 0 Å². The second kappa shape index (κ2) is 14.1. The minimum Gasteiger partial charge on any atom is -0.405 e. The van der Waals surface area contributed by atoms with Crippen molar-refractivity contribution in [2.75, 3.05) is 6.61 Å².